The van der Waals surface area contributed by atoms with Crippen LogP contribution in [0.1, 0.15) is 30.9 Å². The number of anilines is 1. The summed E-state index contributed by atoms with van der Waals surface area (Å²) in [5, 5.41) is 0. The van der Waals surface area contributed by atoms with E-state index in [1.807, 2.05) is 0 Å². The van der Waals surface area contributed by atoms with Gasteiger partial charge in [-0.2, -0.15) is 0 Å². The number of hydrogen-bond acceptors (Lipinski definition) is 3. The summed E-state index contributed by atoms with van der Waals surface area (Å²) in [6.07, 6.45) is 3.57. The predicted molar refractivity (Wildman–Crippen MR) is 80.8 cm³/mol. The molecule has 2 rings (SSSR count). The van der Waals surface area contributed by atoms with Gasteiger partial charge in [0.15, 0.2) is 0 Å². The normalized spacial score (nSPS) is 16.4. The quantitative estimate of drug-likeness (QED) is 0.820. The molecule has 1 fully saturated rings. The fraction of sp³-hybridized carbons (Fsp3) is 0.625. The maximum Gasteiger partial charge on any atom is 0.0637 e. The molecule has 2 N–H and O–H groups in total. The zero-order valence-electron chi connectivity index (χ0n) is 12.4. The van der Waals surface area contributed by atoms with E-state index in [1.165, 1.54) is 29.7 Å². The summed E-state index contributed by atoms with van der Waals surface area (Å²) in [5.74, 6) is 0. The van der Waals surface area contributed by atoms with Crippen molar-refractivity contribution in [2.45, 2.75) is 45.2 Å². The van der Waals surface area contributed by atoms with Crippen molar-refractivity contribution < 1.29 is 4.74 Å². The molecule has 1 aliphatic carbocycles. The Morgan fingerprint density at radius 1 is 1.42 bits per heavy atom. The van der Waals surface area contributed by atoms with Crippen LogP contribution in [0.5, 0.6) is 0 Å². The van der Waals surface area contributed by atoms with Gasteiger partial charge in [-0.25, -0.2) is 0 Å². The Bertz CT molecular complexity index is 413. The smallest absolute Gasteiger partial charge is 0.0637 e. The Balaban J connectivity index is 2.12. The van der Waals surface area contributed by atoms with Crippen LogP contribution >= 0.6 is 0 Å². The number of methoxy groups -OCH3 is 1. The van der Waals surface area contributed by atoms with Crippen LogP contribution < -0.4 is 10.6 Å². The van der Waals surface area contributed by atoms with Crippen LogP contribution in [-0.2, 0) is 11.2 Å². The zero-order chi connectivity index (χ0) is 13.8. The number of aryl methyl sites for hydroxylation is 1. The molecule has 1 saturated carbocycles. The maximum atomic E-state index is 5.89. The van der Waals surface area contributed by atoms with Crippen LogP contribution in [0.25, 0.3) is 0 Å². The van der Waals surface area contributed by atoms with E-state index in [0.29, 0.717) is 6.04 Å². The molecule has 0 bridgehead atoms. The van der Waals surface area contributed by atoms with Crippen LogP contribution in [0.3, 0.4) is 0 Å². The predicted octanol–water partition coefficient (Wildman–Crippen LogP) is 2.50. The van der Waals surface area contributed by atoms with Crippen molar-refractivity contribution >= 4 is 5.69 Å². The minimum absolute atomic E-state index is 0.220. The number of nitrogens with zero attached hydrogens (tertiary/aromatic N) is 1. The molecule has 1 aliphatic rings. The van der Waals surface area contributed by atoms with Crippen molar-refractivity contribution in [3.63, 3.8) is 0 Å². The van der Waals surface area contributed by atoms with E-state index in [1.54, 1.807) is 7.11 Å². The van der Waals surface area contributed by atoms with Crippen LogP contribution in [0.4, 0.5) is 5.69 Å². The van der Waals surface area contributed by atoms with E-state index in [4.69, 9.17) is 10.5 Å². The van der Waals surface area contributed by atoms with Gasteiger partial charge in [-0.3, -0.25) is 0 Å². The first-order chi connectivity index (χ1) is 9.11. The average molecular weight is 262 g/mol. The molecule has 1 aromatic rings. The molecule has 1 unspecified atom stereocenters. The van der Waals surface area contributed by atoms with E-state index >= 15 is 0 Å². The van der Waals surface area contributed by atoms with Gasteiger partial charge in [0, 0.05) is 31.4 Å². The Morgan fingerprint density at radius 2 is 2.16 bits per heavy atom. The molecule has 0 saturated heterocycles. The van der Waals surface area contributed by atoms with Crippen molar-refractivity contribution in [1.82, 2.24) is 0 Å². The topological polar surface area (TPSA) is 38.5 Å². The van der Waals surface area contributed by atoms with Gasteiger partial charge in [0.2, 0.25) is 0 Å². The van der Waals surface area contributed by atoms with Gasteiger partial charge in [-0.05, 0) is 56.4 Å². The molecule has 19 heavy (non-hydrogen) atoms. The van der Waals surface area contributed by atoms with E-state index in [9.17, 15) is 0 Å². The first-order valence-electron chi connectivity index (χ1n) is 7.22. The molecule has 106 valence electrons. The highest BCUT2D eigenvalue weighted by Gasteiger charge is 2.29. The minimum atomic E-state index is 0.220. The van der Waals surface area contributed by atoms with Gasteiger partial charge in [0.1, 0.15) is 0 Å². The van der Waals surface area contributed by atoms with E-state index in [2.05, 4.69) is 36.9 Å². The van der Waals surface area contributed by atoms with Crippen molar-refractivity contribution in [2.24, 2.45) is 5.73 Å². The molecule has 1 atom stereocenters. The lowest BCUT2D eigenvalue weighted by molar-refractivity contribution is 0.205. The maximum absolute atomic E-state index is 5.89. The number of nitrogens with two attached hydrogens (primary N) is 1. The standard InChI is InChI=1S/C16H26N2O/c1-12-10-16(5-4-14(12)11-13(2)17)18(8-9-19-3)15-6-7-15/h4-5,10,13,15H,6-9,11,17H2,1-3H3. The molecule has 3 nitrogen and oxygen atoms in total. The highest BCUT2D eigenvalue weighted by Crippen LogP contribution is 2.32. The summed E-state index contributed by atoms with van der Waals surface area (Å²) in [7, 11) is 1.77. The molecule has 0 heterocycles. The Labute approximate surface area is 116 Å². The van der Waals surface area contributed by atoms with Gasteiger partial charge < -0.3 is 15.4 Å². The van der Waals surface area contributed by atoms with E-state index < -0.39 is 0 Å². The number of hydrogen-bond donors (Lipinski definition) is 1. The lowest BCUT2D eigenvalue weighted by Gasteiger charge is -2.25. The first kappa shape index (κ1) is 14.4. The summed E-state index contributed by atoms with van der Waals surface area (Å²) in [6, 6.07) is 7.70. The number of ether oxygens (including phenoxy) is 1. The summed E-state index contributed by atoms with van der Waals surface area (Å²) in [5.41, 5.74) is 9.92. The van der Waals surface area contributed by atoms with Crippen LogP contribution in [0.2, 0.25) is 0 Å². The summed E-state index contributed by atoms with van der Waals surface area (Å²) in [4.78, 5) is 2.48. The lowest BCUT2D eigenvalue weighted by Crippen LogP contribution is -2.29. The summed E-state index contributed by atoms with van der Waals surface area (Å²) < 4.78 is 5.22. The highest BCUT2D eigenvalue weighted by molar-refractivity contribution is 5.52. The molecule has 1 aromatic carbocycles. The van der Waals surface area contributed by atoms with E-state index in [0.717, 1.165) is 19.6 Å². The monoisotopic (exact) mass is 262 g/mol. The molecule has 0 amide bonds. The van der Waals surface area contributed by atoms with Crippen molar-refractivity contribution in [2.75, 3.05) is 25.2 Å². The second-order valence-electron chi connectivity index (χ2n) is 5.71. The Morgan fingerprint density at radius 3 is 2.68 bits per heavy atom. The van der Waals surface area contributed by atoms with Crippen LogP contribution in [0, 0.1) is 6.92 Å². The molecule has 3 heteroatoms. The van der Waals surface area contributed by atoms with Crippen LogP contribution in [-0.4, -0.2) is 32.3 Å². The summed E-state index contributed by atoms with van der Waals surface area (Å²) >= 11 is 0. The Kier molecular flexibility index (Phi) is 4.83. The zero-order valence-corrected chi connectivity index (χ0v) is 12.4. The third-order valence-corrected chi connectivity index (χ3v) is 3.72. The first-order valence-corrected chi connectivity index (χ1v) is 7.22. The SMILES string of the molecule is COCCN(c1ccc(CC(C)N)c(C)c1)C1CC1. The van der Waals surface area contributed by atoms with Crippen molar-refractivity contribution in [3.05, 3.63) is 29.3 Å². The van der Waals surface area contributed by atoms with E-state index in [-0.39, 0.29) is 6.04 Å². The second kappa shape index (κ2) is 6.40. The summed E-state index contributed by atoms with van der Waals surface area (Å²) in [6.45, 7) is 6.01. The average Bonchev–Trinajstić information content (AvgIpc) is 3.17. The largest absolute Gasteiger partial charge is 0.383 e. The molecule has 0 spiro atoms. The molecule has 0 aliphatic heterocycles. The van der Waals surface area contributed by atoms with Crippen molar-refractivity contribution in [1.29, 1.82) is 0 Å². The fourth-order valence-electron chi connectivity index (χ4n) is 2.53. The van der Waals surface area contributed by atoms with Crippen LogP contribution in [0.15, 0.2) is 18.2 Å². The Hall–Kier alpha value is -1.06. The van der Waals surface area contributed by atoms with Gasteiger partial charge in [0.25, 0.3) is 0 Å². The highest BCUT2D eigenvalue weighted by atomic mass is 16.5. The van der Waals surface area contributed by atoms with Gasteiger partial charge in [0.05, 0.1) is 6.61 Å². The molecule has 0 radical (unpaired) electrons. The second-order valence-corrected chi connectivity index (χ2v) is 5.71. The number of benzene rings is 1. The lowest BCUT2D eigenvalue weighted by atomic mass is 10.0. The fourth-order valence-corrected chi connectivity index (χ4v) is 2.53. The number of rotatable bonds is 7. The third kappa shape index (κ3) is 3.95. The minimum Gasteiger partial charge on any atom is -0.383 e. The molecular formula is C16H26N2O. The van der Waals surface area contributed by atoms with Gasteiger partial charge in [-0.15, -0.1) is 0 Å². The third-order valence-electron chi connectivity index (χ3n) is 3.72. The van der Waals surface area contributed by atoms with Gasteiger partial charge in [-0.1, -0.05) is 6.07 Å². The van der Waals surface area contributed by atoms with Crippen molar-refractivity contribution in [3.8, 4) is 0 Å². The molecule has 0 aromatic heterocycles. The van der Waals surface area contributed by atoms with Gasteiger partial charge >= 0.3 is 0 Å². The molecular weight excluding hydrogens is 236 g/mol.